The molecule has 0 amide bonds. The Morgan fingerprint density at radius 3 is 2.61 bits per heavy atom. The van der Waals surface area contributed by atoms with Crippen LogP contribution in [0, 0.1) is 6.92 Å². The van der Waals surface area contributed by atoms with Gasteiger partial charge in [0.25, 0.3) is 0 Å². The van der Waals surface area contributed by atoms with E-state index in [1.54, 1.807) is 0 Å². The van der Waals surface area contributed by atoms with Crippen LogP contribution in [-0.2, 0) is 16.6 Å². The summed E-state index contributed by atoms with van der Waals surface area (Å²) < 4.78 is 25.2. The summed E-state index contributed by atoms with van der Waals surface area (Å²) in [4.78, 5) is 0. The van der Waals surface area contributed by atoms with Crippen LogP contribution < -0.4 is 10.0 Å². The SMILES string of the molecule is Cc1cc(CNCCCNS(C)(=O)=O)ccc1Br. The molecule has 0 radical (unpaired) electrons. The molecule has 102 valence electrons. The van der Waals surface area contributed by atoms with Gasteiger partial charge in [0.05, 0.1) is 6.26 Å². The molecule has 1 aromatic rings. The Balaban J connectivity index is 2.20. The molecule has 2 N–H and O–H groups in total. The molecule has 0 saturated carbocycles. The molecule has 0 bridgehead atoms. The molecule has 0 unspecified atom stereocenters. The van der Waals surface area contributed by atoms with E-state index in [-0.39, 0.29) is 0 Å². The molecule has 0 spiro atoms. The Morgan fingerprint density at radius 1 is 1.28 bits per heavy atom. The Morgan fingerprint density at radius 2 is 2.00 bits per heavy atom. The van der Waals surface area contributed by atoms with Crippen LogP contribution in [0.15, 0.2) is 22.7 Å². The van der Waals surface area contributed by atoms with E-state index in [1.165, 1.54) is 17.4 Å². The average molecular weight is 335 g/mol. The molecule has 0 aliphatic heterocycles. The third-order valence-corrected chi connectivity index (χ3v) is 4.06. The van der Waals surface area contributed by atoms with E-state index in [0.717, 1.165) is 24.0 Å². The first-order valence-corrected chi connectivity index (χ1v) is 8.47. The van der Waals surface area contributed by atoms with Crippen molar-refractivity contribution in [1.82, 2.24) is 10.0 Å². The van der Waals surface area contributed by atoms with Gasteiger partial charge in [0.15, 0.2) is 0 Å². The fourth-order valence-electron chi connectivity index (χ4n) is 1.52. The van der Waals surface area contributed by atoms with Crippen molar-refractivity contribution in [3.63, 3.8) is 0 Å². The molecule has 0 fully saturated rings. The van der Waals surface area contributed by atoms with Gasteiger partial charge in [-0.3, -0.25) is 0 Å². The standard InChI is InChI=1S/C12H19BrN2O2S/c1-10-8-11(4-5-12(10)13)9-14-6-3-7-15-18(2,16)17/h4-5,8,14-15H,3,6-7,9H2,1-2H3. The maximum Gasteiger partial charge on any atom is 0.208 e. The van der Waals surface area contributed by atoms with Gasteiger partial charge in [-0.15, -0.1) is 0 Å². The second-order valence-corrected chi connectivity index (χ2v) is 6.97. The van der Waals surface area contributed by atoms with Crippen molar-refractivity contribution in [2.75, 3.05) is 19.3 Å². The van der Waals surface area contributed by atoms with Crippen LogP contribution in [0.5, 0.6) is 0 Å². The number of sulfonamides is 1. The lowest BCUT2D eigenvalue weighted by atomic mass is 10.1. The van der Waals surface area contributed by atoms with Gasteiger partial charge in [0, 0.05) is 17.6 Å². The average Bonchev–Trinajstić information content (AvgIpc) is 2.26. The lowest BCUT2D eigenvalue weighted by molar-refractivity contribution is 0.579. The van der Waals surface area contributed by atoms with Crippen LogP contribution in [-0.4, -0.2) is 27.8 Å². The number of halogens is 1. The van der Waals surface area contributed by atoms with Crippen LogP contribution in [0.4, 0.5) is 0 Å². The normalized spacial score (nSPS) is 11.7. The molecular weight excluding hydrogens is 316 g/mol. The monoisotopic (exact) mass is 334 g/mol. The van der Waals surface area contributed by atoms with Gasteiger partial charge in [0.1, 0.15) is 0 Å². The molecule has 0 heterocycles. The van der Waals surface area contributed by atoms with Crippen molar-refractivity contribution in [3.8, 4) is 0 Å². The molecule has 1 aromatic carbocycles. The van der Waals surface area contributed by atoms with E-state index in [9.17, 15) is 8.42 Å². The molecule has 6 heteroatoms. The maximum atomic E-state index is 10.8. The first-order chi connectivity index (χ1) is 8.38. The quantitative estimate of drug-likeness (QED) is 0.747. The third-order valence-electron chi connectivity index (χ3n) is 2.45. The zero-order valence-electron chi connectivity index (χ0n) is 10.7. The fraction of sp³-hybridized carbons (Fsp3) is 0.500. The predicted molar refractivity (Wildman–Crippen MR) is 78.0 cm³/mol. The molecule has 0 aromatic heterocycles. The summed E-state index contributed by atoms with van der Waals surface area (Å²) in [7, 11) is -3.06. The minimum atomic E-state index is -3.06. The maximum absolute atomic E-state index is 10.8. The van der Waals surface area contributed by atoms with E-state index in [4.69, 9.17) is 0 Å². The molecule has 0 saturated heterocycles. The van der Waals surface area contributed by atoms with E-state index in [0.29, 0.717) is 6.54 Å². The van der Waals surface area contributed by atoms with Gasteiger partial charge in [-0.25, -0.2) is 13.1 Å². The van der Waals surface area contributed by atoms with Crippen molar-refractivity contribution in [1.29, 1.82) is 0 Å². The highest BCUT2D eigenvalue weighted by Crippen LogP contribution is 2.16. The molecule has 0 atom stereocenters. The highest BCUT2D eigenvalue weighted by Gasteiger charge is 1.99. The minimum absolute atomic E-state index is 0.477. The Labute approximate surface area is 117 Å². The summed E-state index contributed by atoms with van der Waals surface area (Å²) in [6.07, 6.45) is 1.95. The van der Waals surface area contributed by atoms with Gasteiger partial charge >= 0.3 is 0 Å². The lowest BCUT2D eigenvalue weighted by Crippen LogP contribution is -2.26. The summed E-state index contributed by atoms with van der Waals surface area (Å²) in [5.74, 6) is 0. The smallest absolute Gasteiger partial charge is 0.208 e. The van der Waals surface area contributed by atoms with Gasteiger partial charge < -0.3 is 5.32 Å². The van der Waals surface area contributed by atoms with Gasteiger partial charge in [-0.1, -0.05) is 28.1 Å². The molecule has 0 aliphatic rings. The van der Waals surface area contributed by atoms with Crippen LogP contribution >= 0.6 is 15.9 Å². The summed E-state index contributed by atoms with van der Waals surface area (Å²) in [6, 6.07) is 6.24. The zero-order chi connectivity index (χ0) is 13.6. The molecule has 18 heavy (non-hydrogen) atoms. The predicted octanol–water partition coefficient (Wildman–Crippen LogP) is 1.79. The number of hydrogen-bond donors (Lipinski definition) is 2. The van der Waals surface area contributed by atoms with Gasteiger partial charge in [-0.2, -0.15) is 0 Å². The molecule has 1 rings (SSSR count). The van der Waals surface area contributed by atoms with Gasteiger partial charge in [0.2, 0.25) is 10.0 Å². The largest absolute Gasteiger partial charge is 0.313 e. The zero-order valence-corrected chi connectivity index (χ0v) is 13.1. The Bertz CT molecular complexity index is 489. The number of rotatable bonds is 7. The number of nitrogens with one attached hydrogen (secondary N) is 2. The fourth-order valence-corrected chi connectivity index (χ4v) is 2.28. The highest BCUT2D eigenvalue weighted by atomic mass is 79.9. The Hall–Kier alpha value is -0.430. The second kappa shape index (κ2) is 7.23. The molecular formula is C12H19BrN2O2S. The number of hydrogen-bond acceptors (Lipinski definition) is 3. The van der Waals surface area contributed by atoms with Crippen LogP contribution in [0.3, 0.4) is 0 Å². The first kappa shape index (κ1) is 15.6. The van der Waals surface area contributed by atoms with E-state index >= 15 is 0 Å². The summed E-state index contributed by atoms with van der Waals surface area (Å²) in [6.45, 7) is 4.12. The lowest BCUT2D eigenvalue weighted by Gasteiger charge is -2.07. The minimum Gasteiger partial charge on any atom is -0.313 e. The Kier molecular flexibility index (Phi) is 6.28. The summed E-state index contributed by atoms with van der Waals surface area (Å²) in [5.41, 5.74) is 2.44. The van der Waals surface area contributed by atoms with Crippen molar-refractivity contribution >= 4 is 26.0 Å². The topological polar surface area (TPSA) is 58.2 Å². The third kappa shape index (κ3) is 6.49. The van der Waals surface area contributed by atoms with Crippen molar-refractivity contribution < 1.29 is 8.42 Å². The highest BCUT2D eigenvalue weighted by molar-refractivity contribution is 9.10. The van der Waals surface area contributed by atoms with Gasteiger partial charge in [-0.05, 0) is 37.1 Å². The summed E-state index contributed by atoms with van der Waals surface area (Å²) in [5, 5.41) is 3.28. The van der Waals surface area contributed by atoms with Crippen molar-refractivity contribution in [2.45, 2.75) is 19.9 Å². The van der Waals surface area contributed by atoms with E-state index in [1.807, 2.05) is 6.07 Å². The number of aryl methyl sites for hydroxylation is 1. The molecule has 0 aliphatic carbocycles. The molecule has 4 nitrogen and oxygen atoms in total. The van der Waals surface area contributed by atoms with Crippen molar-refractivity contribution in [2.24, 2.45) is 0 Å². The van der Waals surface area contributed by atoms with E-state index < -0.39 is 10.0 Å². The van der Waals surface area contributed by atoms with E-state index in [2.05, 4.69) is 45.0 Å². The second-order valence-electron chi connectivity index (χ2n) is 4.28. The van der Waals surface area contributed by atoms with Crippen LogP contribution in [0.25, 0.3) is 0 Å². The van der Waals surface area contributed by atoms with Crippen LogP contribution in [0.1, 0.15) is 17.5 Å². The first-order valence-electron chi connectivity index (χ1n) is 5.79. The number of benzene rings is 1. The van der Waals surface area contributed by atoms with Crippen molar-refractivity contribution in [3.05, 3.63) is 33.8 Å². The van der Waals surface area contributed by atoms with Crippen LogP contribution in [0.2, 0.25) is 0 Å². The summed E-state index contributed by atoms with van der Waals surface area (Å²) >= 11 is 3.46.